The predicted molar refractivity (Wildman–Crippen MR) is 141 cm³/mol. The second-order valence-electron chi connectivity index (χ2n) is 10.1. The quantitative estimate of drug-likeness (QED) is 0.553. The number of rotatable bonds is 4. The molecule has 0 saturated carbocycles. The monoisotopic (exact) mass is 492 g/mol. The molecule has 7 heteroatoms. The highest BCUT2D eigenvalue weighted by Gasteiger charge is 2.31. The van der Waals surface area contributed by atoms with Crippen molar-refractivity contribution in [2.75, 3.05) is 37.7 Å². The van der Waals surface area contributed by atoms with Gasteiger partial charge in [0, 0.05) is 25.1 Å². The number of allylic oxidation sites excluding steroid dienone is 1. The minimum atomic E-state index is -0.541. The van der Waals surface area contributed by atoms with Crippen LogP contribution in [0.1, 0.15) is 49.9 Å². The number of nitrogens with zero attached hydrogens (tertiary/aromatic N) is 2. The molecule has 0 bridgehead atoms. The zero-order valence-electron chi connectivity index (χ0n) is 21.7. The first kappa shape index (κ1) is 25.6. The van der Waals surface area contributed by atoms with E-state index in [1.165, 1.54) is 0 Å². The van der Waals surface area contributed by atoms with Crippen LogP contribution in [0, 0.1) is 0 Å². The molecule has 2 aliphatic heterocycles. The molecule has 0 spiro atoms. The average Bonchev–Trinajstić information content (AvgIpc) is 3.06. The van der Waals surface area contributed by atoms with Gasteiger partial charge in [-0.05, 0) is 63.3 Å². The lowest BCUT2D eigenvalue weighted by molar-refractivity contribution is 0.0258. The lowest BCUT2D eigenvalue weighted by Gasteiger charge is -2.31. The maximum atomic E-state index is 13.1. The van der Waals surface area contributed by atoms with Crippen molar-refractivity contribution in [2.24, 2.45) is 0 Å². The fraction of sp³-hybridized carbons (Fsp3) is 0.448. The Morgan fingerprint density at radius 3 is 2.53 bits per heavy atom. The smallest absolute Gasteiger partial charge is 0.414 e. The number of amides is 2. The van der Waals surface area contributed by atoms with E-state index in [9.17, 15) is 9.59 Å². The van der Waals surface area contributed by atoms with Gasteiger partial charge in [0.15, 0.2) is 5.75 Å². The van der Waals surface area contributed by atoms with E-state index < -0.39 is 5.60 Å². The third kappa shape index (κ3) is 6.01. The molecule has 2 aromatic carbocycles. The average molecular weight is 493 g/mol. The Labute approximate surface area is 213 Å². The number of carbonyl (C=O) groups is 2. The van der Waals surface area contributed by atoms with E-state index in [4.69, 9.17) is 14.2 Å². The van der Waals surface area contributed by atoms with Crippen molar-refractivity contribution in [3.05, 3.63) is 64.7 Å². The van der Waals surface area contributed by atoms with Crippen LogP contribution in [0.25, 0.3) is 6.08 Å². The van der Waals surface area contributed by atoms with E-state index in [0.29, 0.717) is 57.9 Å². The summed E-state index contributed by atoms with van der Waals surface area (Å²) in [6.45, 7) is 9.85. The molecule has 0 saturated heterocycles. The molecule has 2 heterocycles. The van der Waals surface area contributed by atoms with Crippen molar-refractivity contribution in [2.45, 2.75) is 52.6 Å². The number of hydrogen-bond acceptors (Lipinski definition) is 5. The van der Waals surface area contributed by atoms with Gasteiger partial charge in [-0.1, -0.05) is 42.5 Å². The molecule has 0 aromatic heterocycles. The maximum Gasteiger partial charge on any atom is 0.414 e. The molecule has 0 unspecified atom stereocenters. The van der Waals surface area contributed by atoms with Crippen molar-refractivity contribution in [3.63, 3.8) is 0 Å². The van der Waals surface area contributed by atoms with E-state index in [0.717, 1.165) is 27.9 Å². The lowest BCUT2D eigenvalue weighted by atomic mass is 9.94. The Morgan fingerprint density at radius 2 is 1.81 bits per heavy atom. The third-order valence-electron chi connectivity index (χ3n) is 6.30. The summed E-state index contributed by atoms with van der Waals surface area (Å²) in [7, 11) is 0. The normalized spacial score (nSPS) is 15.6. The van der Waals surface area contributed by atoms with Crippen LogP contribution in [-0.4, -0.2) is 55.5 Å². The molecule has 0 radical (unpaired) electrons. The van der Waals surface area contributed by atoms with Crippen molar-refractivity contribution in [1.82, 2.24) is 4.90 Å². The molecular weight excluding hydrogens is 456 g/mol. The van der Waals surface area contributed by atoms with Crippen molar-refractivity contribution in [3.8, 4) is 5.75 Å². The first-order valence-corrected chi connectivity index (χ1v) is 12.7. The maximum absolute atomic E-state index is 13.1. The highest BCUT2D eigenvalue weighted by molar-refractivity contribution is 5.92. The molecule has 0 aliphatic carbocycles. The van der Waals surface area contributed by atoms with Crippen molar-refractivity contribution >= 4 is 23.9 Å². The second kappa shape index (κ2) is 11.1. The summed E-state index contributed by atoms with van der Waals surface area (Å²) >= 11 is 0. The number of benzene rings is 2. The molecule has 0 atom stereocenters. The molecular formula is C29H36N2O5. The van der Waals surface area contributed by atoms with Gasteiger partial charge in [-0.25, -0.2) is 9.59 Å². The van der Waals surface area contributed by atoms with Crippen molar-refractivity contribution < 1.29 is 23.8 Å². The van der Waals surface area contributed by atoms with Gasteiger partial charge in [0.25, 0.3) is 0 Å². The van der Waals surface area contributed by atoms with E-state index >= 15 is 0 Å². The van der Waals surface area contributed by atoms with Crippen LogP contribution >= 0.6 is 0 Å². The van der Waals surface area contributed by atoms with Gasteiger partial charge in [0.05, 0.1) is 18.8 Å². The highest BCUT2D eigenvalue weighted by atomic mass is 16.6. The molecule has 0 N–H and O–H groups in total. The van der Waals surface area contributed by atoms with Crippen LogP contribution in [0.2, 0.25) is 0 Å². The molecule has 2 aromatic rings. The zero-order chi connectivity index (χ0) is 25.7. The summed E-state index contributed by atoms with van der Waals surface area (Å²) < 4.78 is 17.4. The van der Waals surface area contributed by atoms with E-state index in [-0.39, 0.29) is 12.2 Å². The SMILES string of the molecule is C/C=C/c1c2c(cc3c1OCCN3C(=O)OCCc1ccccc1)CCN(C(=O)OC(C)(C)C)CC2. The first-order chi connectivity index (χ1) is 17.3. The summed E-state index contributed by atoms with van der Waals surface area (Å²) in [5, 5.41) is 0. The van der Waals surface area contributed by atoms with E-state index in [2.05, 4.69) is 0 Å². The molecule has 192 valence electrons. The van der Waals surface area contributed by atoms with Crippen LogP contribution < -0.4 is 9.64 Å². The van der Waals surface area contributed by atoms with Gasteiger partial charge in [0.1, 0.15) is 12.2 Å². The summed E-state index contributed by atoms with van der Waals surface area (Å²) in [5.41, 5.74) is 4.54. The zero-order valence-corrected chi connectivity index (χ0v) is 21.7. The Balaban J connectivity index is 1.55. The molecule has 4 rings (SSSR count). The number of ether oxygens (including phenoxy) is 3. The molecule has 2 aliphatic rings. The van der Waals surface area contributed by atoms with E-state index in [1.807, 2.05) is 76.2 Å². The molecule has 2 amide bonds. The van der Waals surface area contributed by atoms with Crippen LogP contribution in [0.4, 0.5) is 15.3 Å². The van der Waals surface area contributed by atoms with Gasteiger partial charge in [-0.3, -0.25) is 4.90 Å². The summed E-state index contributed by atoms with van der Waals surface area (Å²) in [5.74, 6) is 0.698. The Morgan fingerprint density at radius 1 is 1.06 bits per heavy atom. The number of carbonyl (C=O) groups excluding carboxylic acids is 2. The fourth-order valence-electron chi connectivity index (χ4n) is 4.63. The summed E-state index contributed by atoms with van der Waals surface area (Å²) in [4.78, 5) is 29.3. The molecule has 0 fully saturated rings. The highest BCUT2D eigenvalue weighted by Crippen LogP contribution is 2.41. The van der Waals surface area contributed by atoms with Crippen LogP contribution in [-0.2, 0) is 28.7 Å². The van der Waals surface area contributed by atoms with E-state index in [1.54, 1.807) is 9.80 Å². The Bertz CT molecular complexity index is 1120. The molecule has 7 nitrogen and oxygen atoms in total. The van der Waals surface area contributed by atoms with Crippen LogP contribution in [0.15, 0.2) is 42.5 Å². The van der Waals surface area contributed by atoms with Gasteiger partial charge in [-0.15, -0.1) is 0 Å². The van der Waals surface area contributed by atoms with Crippen LogP contribution in [0.5, 0.6) is 5.75 Å². The third-order valence-corrected chi connectivity index (χ3v) is 6.30. The standard InChI is InChI=1S/C29H36N2O5/c1-5-9-24-23-13-16-30(27(32)36-29(2,3)4)15-12-22(23)20-25-26(24)34-19-17-31(25)28(33)35-18-14-21-10-7-6-8-11-21/h5-11,20H,12-19H2,1-4H3/b9-5+. The molecule has 36 heavy (non-hydrogen) atoms. The minimum Gasteiger partial charge on any atom is -0.489 e. The largest absolute Gasteiger partial charge is 0.489 e. The minimum absolute atomic E-state index is 0.299. The van der Waals surface area contributed by atoms with Gasteiger partial charge >= 0.3 is 12.2 Å². The topological polar surface area (TPSA) is 68.3 Å². The van der Waals surface area contributed by atoms with Gasteiger partial charge < -0.3 is 19.1 Å². The number of hydrogen-bond donors (Lipinski definition) is 0. The second-order valence-corrected chi connectivity index (χ2v) is 10.1. The van der Waals surface area contributed by atoms with Crippen LogP contribution in [0.3, 0.4) is 0 Å². The summed E-state index contributed by atoms with van der Waals surface area (Å²) in [6, 6.07) is 12.0. The number of anilines is 1. The first-order valence-electron chi connectivity index (χ1n) is 12.7. The summed E-state index contributed by atoms with van der Waals surface area (Å²) in [6.07, 6.45) is 5.37. The fourth-order valence-corrected chi connectivity index (χ4v) is 4.63. The lowest BCUT2D eigenvalue weighted by Crippen LogP contribution is -2.39. The predicted octanol–water partition coefficient (Wildman–Crippen LogP) is 5.63. The van der Waals surface area contributed by atoms with Gasteiger partial charge in [0.2, 0.25) is 0 Å². The Kier molecular flexibility index (Phi) is 7.87. The number of fused-ring (bicyclic) bond motifs is 2. The van der Waals surface area contributed by atoms with Crippen molar-refractivity contribution in [1.29, 1.82) is 0 Å². The Hall–Kier alpha value is -3.48. The van der Waals surface area contributed by atoms with Gasteiger partial charge in [-0.2, -0.15) is 0 Å².